The minimum atomic E-state index is -0.268. The predicted molar refractivity (Wildman–Crippen MR) is 160 cm³/mol. The Balaban J connectivity index is 1.43. The molecule has 0 saturated carbocycles. The van der Waals surface area contributed by atoms with Crippen LogP contribution in [-0.4, -0.2) is 73.0 Å². The lowest BCUT2D eigenvalue weighted by Gasteiger charge is -2.29. The molecule has 2 heterocycles. The van der Waals surface area contributed by atoms with E-state index in [0.717, 1.165) is 38.9 Å². The molecular weight excluding hydrogens is 531 g/mol. The Kier molecular flexibility index (Phi) is 11.5. The second kappa shape index (κ2) is 15.0. The number of likely N-dealkylation sites (tertiary alicyclic amines) is 1. The van der Waals surface area contributed by atoms with Crippen molar-refractivity contribution in [2.75, 3.05) is 39.3 Å². The standard InChI is InChI=1S/C31H42Cl2N4O2/c1-2-23(24-10-6-5-7-11-24)22-37-19-14-26(21-34-30(38)25-12-13-27(32)28(33)20-25)35-29(31(37)39)15-18-36-16-8-3-4-9-17-36/h5-7,10-13,20,23,26,29,35H,2-4,8-9,14-19,21-22H2,1H3,(H,34,38). The van der Waals surface area contributed by atoms with Crippen LogP contribution in [0.5, 0.6) is 0 Å². The molecule has 2 fully saturated rings. The molecule has 6 nitrogen and oxygen atoms in total. The first-order chi connectivity index (χ1) is 18.9. The summed E-state index contributed by atoms with van der Waals surface area (Å²) >= 11 is 12.1. The van der Waals surface area contributed by atoms with Crippen molar-refractivity contribution in [1.29, 1.82) is 0 Å². The van der Waals surface area contributed by atoms with Gasteiger partial charge in [0.2, 0.25) is 5.91 Å². The number of nitrogens with one attached hydrogen (secondary N) is 2. The number of amides is 2. The maximum atomic E-state index is 13.9. The molecule has 8 heteroatoms. The van der Waals surface area contributed by atoms with Gasteiger partial charge < -0.3 is 20.4 Å². The van der Waals surface area contributed by atoms with E-state index >= 15 is 0 Å². The first-order valence-corrected chi connectivity index (χ1v) is 15.3. The zero-order valence-corrected chi connectivity index (χ0v) is 24.5. The Morgan fingerprint density at radius 2 is 1.77 bits per heavy atom. The van der Waals surface area contributed by atoms with Crippen molar-refractivity contribution in [1.82, 2.24) is 20.4 Å². The number of nitrogens with zero attached hydrogens (tertiary/aromatic N) is 2. The van der Waals surface area contributed by atoms with Crippen LogP contribution in [0.3, 0.4) is 0 Å². The largest absolute Gasteiger partial charge is 0.350 e. The number of carbonyl (C=O) groups excluding carboxylic acids is 2. The highest BCUT2D eigenvalue weighted by Crippen LogP contribution is 2.24. The Bertz CT molecular complexity index is 1080. The van der Waals surface area contributed by atoms with Crippen molar-refractivity contribution >= 4 is 35.0 Å². The van der Waals surface area contributed by atoms with E-state index in [9.17, 15) is 9.59 Å². The Hall–Kier alpha value is -2.12. The third-order valence-corrected chi connectivity index (χ3v) is 8.86. The van der Waals surface area contributed by atoms with Gasteiger partial charge in [0, 0.05) is 43.7 Å². The molecule has 2 aromatic carbocycles. The first kappa shape index (κ1) is 29.9. The van der Waals surface area contributed by atoms with E-state index < -0.39 is 0 Å². The monoisotopic (exact) mass is 572 g/mol. The summed E-state index contributed by atoms with van der Waals surface area (Å²) in [5.41, 5.74) is 1.75. The molecule has 4 rings (SSSR count). The smallest absolute Gasteiger partial charge is 0.251 e. The van der Waals surface area contributed by atoms with Gasteiger partial charge in [0.05, 0.1) is 16.1 Å². The summed E-state index contributed by atoms with van der Waals surface area (Å²) in [6.45, 7) is 7.15. The number of hydrogen-bond acceptors (Lipinski definition) is 4. The molecule has 0 radical (unpaired) electrons. The fraction of sp³-hybridized carbons (Fsp3) is 0.548. The molecule has 0 aliphatic carbocycles. The van der Waals surface area contributed by atoms with Gasteiger partial charge in [-0.1, -0.05) is 73.3 Å². The lowest BCUT2D eigenvalue weighted by molar-refractivity contribution is -0.133. The summed E-state index contributed by atoms with van der Waals surface area (Å²) in [4.78, 5) is 31.3. The molecule has 0 spiro atoms. The van der Waals surface area contributed by atoms with Crippen molar-refractivity contribution in [2.24, 2.45) is 0 Å². The van der Waals surface area contributed by atoms with Gasteiger partial charge in [0.15, 0.2) is 0 Å². The molecule has 3 unspecified atom stereocenters. The molecular formula is C31H42Cl2N4O2. The number of rotatable bonds is 10. The highest BCUT2D eigenvalue weighted by molar-refractivity contribution is 6.42. The van der Waals surface area contributed by atoms with Gasteiger partial charge in [-0.05, 0) is 69.0 Å². The van der Waals surface area contributed by atoms with Crippen molar-refractivity contribution in [3.63, 3.8) is 0 Å². The van der Waals surface area contributed by atoms with E-state index in [1.807, 2.05) is 6.07 Å². The summed E-state index contributed by atoms with van der Waals surface area (Å²) in [6.07, 6.45) is 7.58. The van der Waals surface area contributed by atoms with E-state index in [0.29, 0.717) is 41.2 Å². The van der Waals surface area contributed by atoms with E-state index in [4.69, 9.17) is 23.2 Å². The van der Waals surface area contributed by atoms with Crippen molar-refractivity contribution in [3.05, 3.63) is 69.7 Å². The fourth-order valence-corrected chi connectivity index (χ4v) is 6.02. The average molecular weight is 574 g/mol. The van der Waals surface area contributed by atoms with Crippen molar-refractivity contribution < 1.29 is 9.59 Å². The summed E-state index contributed by atoms with van der Waals surface area (Å²) in [5, 5.41) is 7.45. The van der Waals surface area contributed by atoms with Gasteiger partial charge in [0.1, 0.15) is 0 Å². The van der Waals surface area contributed by atoms with Crippen LogP contribution in [0.15, 0.2) is 48.5 Å². The molecule has 2 aliphatic heterocycles. The SMILES string of the molecule is CCC(CN1CCC(CNC(=O)c2ccc(Cl)c(Cl)c2)NC(CCN2CCCCCC2)C1=O)c1ccccc1. The second-order valence-electron chi connectivity index (χ2n) is 10.9. The van der Waals surface area contributed by atoms with Crippen LogP contribution < -0.4 is 10.6 Å². The molecule has 2 amide bonds. The van der Waals surface area contributed by atoms with Crippen LogP contribution in [0.1, 0.15) is 73.7 Å². The molecule has 3 atom stereocenters. The number of carbonyl (C=O) groups is 2. The van der Waals surface area contributed by atoms with E-state index in [-0.39, 0.29) is 23.9 Å². The van der Waals surface area contributed by atoms with Crippen LogP contribution in [0.4, 0.5) is 0 Å². The van der Waals surface area contributed by atoms with Gasteiger partial charge >= 0.3 is 0 Å². The zero-order chi connectivity index (χ0) is 27.6. The summed E-state index contributed by atoms with van der Waals surface area (Å²) in [5.74, 6) is 0.281. The lowest BCUT2D eigenvalue weighted by atomic mass is 9.95. The second-order valence-corrected chi connectivity index (χ2v) is 11.7. The predicted octanol–water partition coefficient (Wildman–Crippen LogP) is 5.74. The minimum absolute atomic E-state index is 0.00314. The number of hydrogen-bond donors (Lipinski definition) is 2. The first-order valence-electron chi connectivity index (χ1n) is 14.5. The highest BCUT2D eigenvalue weighted by Gasteiger charge is 2.32. The lowest BCUT2D eigenvalue weighted by Crippen LogP contribution is -2.50. The molecule has 212 valence electrons. The summed E-state index contributed by atoms with van der Waals surface area (Å²) in [6, 6.07) is 15.1. The molecule has 0 bridgehead atoms. The molecule has 2 saturated heterocycles. The zero-order valence-electron chi connectivity index (χ0n) is 23.0. The van der Waals surface area contributed by atoms with E-state index in [2.05, 4.69) is 51.6 Å². The van der Waals surface area contributed by atoms with Gasteiger partial charge in [-0.15, -0.1) is 0 Å². The van der Waals surface area contributed by atoms with Gasteiger partial charge in [-0.3, -0.25) is 9.59 Å². The fourth-order valence-electron chi connectivity index (χ4n) is 5.72. The number of halogens is 2. The Morgan fingerprint density at radius 1 is 1.03 bits per heavy atom. The van der Waals surface area contributed by atoms with Crippen molar-refractivity contribution in [2.45, 2.75) is 69.9 Å². The maximum Gasteiger partial charge on any atom is 0.251 e. The average Bonchev–Trinajstić information content (AvgIpc) is 3.30. The quantitative estimate of drug-likeness (QED) is 0.381. The topological polar surface area (TPSA) is 64.7 Å². The highest BCUT2D eigenvalue weighted by atomic mass is 35.5. The van der Waals surface area contributed by atoms with Crippen molar-refractivity contribution in [3.8, 4) is 0 Å². The summed E-state index contributed by atoms with van der Waals surface area (Å²) < 4.78 is 0. The molecule has 2 aromatic rings. The van der Waals surface area contributed by atoms with E-state index in [1.165, 1.54) is 31.2 Å². The van der Waals surface area contributed by atoms with Crippen LogP contribution in [-0.2, 0) is 4.79 Å². The Labute approximate surface area is 243 Å². The van der Waals surface area contributed by atoms with Gasteiger partial charge in [-0.25, -0.2) is 0 Å². The molecule has 39 heavy (non-hydrogen) atoms. The third-order valence-electron chi connectivity index (χ3n) is 8.12. The third kappa shape index (κ3) is 8.68. The van der Waals surface area contributed by atoms with Gasteiger partial charge in [-0.2, -0.15) is 0 Å². The van der Waals surface area contributed by atoms with E-state index in [1.54, 1.807) is 18.2 Å². The molecule has 0 aromatic heterocycles. The minimum Gasteiger partial charge on any atom is -0.350 e. The number of benzene rings is 2. The maximum absolute atomic E-state index is 13.9. The van der Waals surface area contributed by atoms with Crippen LogP contribution in [0, 0.1) is 0 Å². The van der Waals surface area contributed by atoms with Gasteiger partial charge in [0.25, 0.3) is 5.91 Å². The Morgan fingerprint density at radius 3 is 2.46 bits per heavy atom. The molecule has 2 aliphatic rings. The summed E-state index contributed by atoms with van der Waals surface area (Å²) in [7, 11) is 0. The van der Waals surface area contributed by atoms with Crippen LogP contribution in [0.2, 0.25) is 10.0 Å². The normalized spacial score (nSPS) is 21.7. The molecule has 2 N–H and O–H groups in total. The van der Waals surface area contributed by atoms with Crippen LogP contribution in [0.25, 0.3) is 0 Å². The van der Waals surface area contributed by atoms with Crippen LogP contribution >= 0.6 is 23.2 Å².